The fraction of sp³-hybridized carbons (Fsp3) is 0.158. The van der Waals surface area contributed by atoms with E-state index in [2.05, 4.69) is 10.3 Å². The van der Waals surface area contributed by atoms with Gasteiger partial charge >= 0.3 is 0 Å². The average Bonchev–Trinajstić information content (AvgIpc) is 3.13. The number of carbonyl (C=O) groups excluding carboxylic acids is 3. The quantitative estimate of drug-likeness (QED) is 0.723. The zero-order valence-corrected chi connectivity index (χ0v) is 15.0. The van der Waals surface area contributed by atoms with Crippen LogP contribution in [0, 0.1) is 6.92 Å². The zero-order valence-electron chi connectivity index (χ0n) is 14.1. The minimum atomic E-state index is -0.934. The van der Waals surface area contributed by atoms with Crippen LogP contribution in [0.25, 0.3) is 10.2 Å². The summed E-state index contributed by atoms with van der Waals surface area (Å²) in [7, 11) is 0. The molecule has 3 aromatic rings. The van der Waals surface area contributed by atoms with Crippen molar-refractivity contribution in [3.63, 3.8) is 0 Å². The molecule has 130 valence electrons. The molecule has 1 aromatic heterocycles. The maximum absolute atomic E-state index is 12.6. The number of nitrogens with zero attached hydrogens (tertiary/aromatic N) is 2. The van der Waals surface area contributed by atoms with Crippen molar-refractivity contribution in [3.8, 4) is 0 Å². The topological polar surface area (TPSA) is 79.4 Å². The Balaban J connectivity index is 1.56. The van der Waals surface area contributed by atoms with Gasteiger partial charge in [0.15, 0.2) is 5.13 Å². The summed E-state index contributed by atoms with van der Waals surface area (Å²) in [5, 5.41) is 3.16. The van der Waals surface area contributed by atoms with Crippen molar-refractivity contribution >= 4 is 44.4 Å². The fourth-order valence-corrected chi connectivity index (χ4v) is 3.94. The summed E-state index contributed by atoms with van der Waals surface area (Å²) < 4.78 is 0.966. The molecule has 7 heteroatoms. The van der Waals surface area contributed by atoms with Crippen LogP contribution in [0.2, 0.25) is 0 Å². The summed E-state index contributed by atoms with van der Waals surface area (Å²) in [6.45, 7) is 3.52. The normalized spacial score (nSPS) is 14.6. The third-order valence-corrected chi connectivity index (χ3v) is 5.30. The standard InChI is InChI=1S/C19H15N3O3S/c1-10-7-8-14-15(9-10)26-19(20-14)21-16(23)11(2)22-17(24)12-5-3-4-6-13(12)18(22)25/h3-9,11H,1-2H3,(H,20,21,23)/t11-/m1/s1. The third-order valence-electron chi connectivity index (χ3n) is 4.37. The van der Waals surface area contributed by atoms with E-state index in [4.69, 9.17) is 0 Å². The van der Waals surface area contributed by atoms with E-state index >= 15 is 0 Å². The van der Waals surface area contributed by atoms with Gasteiger partial charge in [0.1, 0.15) is 6.04 Å². The molecule has 1 aliphatic heterocycles. The smallest absolute Gasteiger partial charge is 0.262 e. The van der Waals surface area contributed by atoms with Crippen molar-refractivity contribution in [1.29, 1.82) is 0 Å². The molecule has 1 N–H and O–H groups in total. The lowest BCUT2D eigenvalue weighted by Gasteiger charge is -2.21. The highest BCUT2D eigenvalue weighted by atomic mass is 32.1. The molecule has 1 aliphatic rings. The van der Waals surface area contributed by atoms with E-state index in [0.29, 0.717) is 16.3 Å². The number of hydrogen-bond donors (Lipinski definition) is 1. The van der Waals surface area contributed by atoms with Gasteiger partial charge in [-0.2, -0.15) is 0 Å². The van der Waals surface area contributed by atoms with Gasteiger partial charge in [-0.25, -0.2) is 4.98 Å². The van der Waals surface area contributed by atoms with Crippen LogP contribution in [0.3, 0.4) is 0 Å². The molecule has 0 saturated carbocycles. The Labute approximate surface area is 153 Å². The summed E-state index contributed by atoms with van der Waals surface area (Å²) in [5.74, 6) is -1.35. The first-order valence-electron chi connectivity index (χ1n) is 8.10. The van der Waals surface area contributed by atoms with E-state index in [-0.39, 0.29) is 0 Å². The molecule has 0 aliphatic carbocycles. The molecular formula is C19H15N3O3S. The van der Waals surface area contributed by atoms with Crippen LogP contribution in [0.15, 0.2) is 42.5 Å². The molecule has 6 nitrogen and oxygen atoms in total. The molecule has 0 saturated heterocycles. The Morgan fingerprint density at radius 2 is 1.77 bits per heavy atom. The lowest BCUT2D eigenvalue weighted by Crippen LogP contribution is -2.45. The molecular weight excluding hydrogens is 350 g/mol. The SMILES string of the molecule is Cc1ccc2nc(NC(=O)[C@@H](C)N3C(=O)c4ccccc4C3=O)sc2c1. The lowest BCUT2D eigenvalue weighted by atomic mass is 10.1. The zero-order chi connectivity index (χ0) is 18.4. The average molecular weight is 365 g/mol. The first-order valence-corrected chi connectivity index (χ1v) is 8.92. The van der Waals surface area contributed by atoms with E-state index in [1.807, 2.05) is 25.1 Å². The Morgan fingerprint density at radius 3 is 2.42 bits per heavy atom. The molecule has 2 heterocycles. The molecule has 0 unspecified atom stereocenters. The summed E-state index contributed by atoms with van der Waals surface area (Å²) in [6, 6.07) is 11.5. The molecule has 0 radical (unpaired) electrons. The molecule has 3 amide bonds. The fourth-order valence-electron chi connectivity index (χ4n) is 2.97. The molecule has 1 atom stereocenters. The third kappa shape index (κ3) is 2.57. The largest absolute Gasteiger partial charge is 0.300 e. The van der Waals surface area contributed by atoms with Crippen LogP contribution in [0.4, 0.5) is 5.13 Å². The van der Waals surface area contributed by atoms with Gasteiger partial charge in [0.25, 0.3) is 11.8 Å². The van der Waals surface area contributed by atoms with E-state index in [1.165, 1.54) is 18.3 Å². The number of fused-ring (bicyclic) bond motifs is 2. The molecule has 26 heavy (non-hydrogen) atoms. The Morgan fingerprint density at radius 1 is 1.12 bits per heavy atom. The Kier molecular flexibility index (Phi) is 3.81. The van der Waals surface area contributed by atoms with Gasteiger partial charge in [-0.1, -0.05) is 29.5 Å². The first kappa shape index (κ1) is 16.4. The predicted octanol–water partition coefficient (Wildman–Crippen LogP) is 3.23. The highest BCUT2D eigenvalue weighted by Gasteiger charge is 2.40. The monoisotopic (exact) mass is 365 g/mol. The minimum Gasteiger partial charge on any atom is -0.300 e. The van der Waals surface area contributed by atoms with Crippen molar-refractivity contribution in [3.05, 3.63) is 59.2 Å². The predicted molar refractivity (Wildman–Crippen MR) is 99.4 cm³/mol. The summed E-state index contributed by atoms with van der Waals surface area (Å²) >= 11 is 1.36. The van der Waals surface area contributed by atoms with E-state index in [0.717, 1.165) is 20.7 Å². The number of benzene rings is 2. The van der Waals surface area contributed by atoms with E-state index < -0.39 is 23.8 Å². The number of nitrogens with one attached hydrogen (secondary N) is 1. The maximum Gasteiger partial charge on any atom is 0.262 e. The van der Waals surface area contributed by atoms with Gasteiger partial charge in [-0.3, -0.25) is 19.3 Å². The second-order valence-corrected chi connectivity index (χ2v) is 7.21. The summed E-state index contributed by atoms with van der Waals surface area (Å²) in [4.78, 5) is 43.0. The van der Waals surface area contributed by atoms with Crippen LogP contribution in [0.5, 0.6) is 0 Å². The van der Waals surface area contributed by atoms with Gasteiger partial charge < -0.3 is 5.32 Å². The number of rotatable bonds is 3. The number of thiazole rings is 1. The molecule has 0 bridgehead atoms. The molecule has 0 spiro atoms. The van der Waals surface area contributed by atoms with Crippen molar-refractivity contribution in [2.24, 2.45) is 0 Å². The van der Waals surface area contributed by atoms with Crippen LogP contribution in [-0.4, -0.2) is 33.6 Å². The Bertz CT molecular complexity index is 1040. The number of amides is 3. The minimum absolute atomic E-state index is 0.326. The van der Waals surface area contributed by atoms with Crippen LogP contribution < -0.4 is 5.32 Å². The van der Waals surface area contributed by atoms with Crippen molar-refractivity contribution in [1.82, 2.24) is 9.88 Å². The van der Waals surface area contributed by atoms with Crippen molar-refractivity contribution in [2.75, 3.05) is 5.32 Å². The summed E-state index contributed by atoms with van der Waals surface area (Å²) in [6.07, 6.45) is 0. The highest BCUT2D eigenvalue weighted by Crippen LogP contribution is 2.28. The second-order valence-electron chi connectivity index (χ2n) is 6.18. The first-order chi connectivity index (χ1) is 12.5. The van der Waals surface area contributed by atoms with Crippen LogP contribution in [-0.2, 0) is 4.79 Å². The Hall–Kier alpha value is -3.06. The second kappa shape index (κ2) is 6.03. The molecule has 2 aromatic carbocycles. The van der Waals surface area contributed by atoms with Gasteiger partial charge in [0.2, 0.25) is 5.91 Å². The van der Waals surface area contributed by atoms with E-state index in [9.17, 15) is 14.4 Å². The highest BCUT2D eigenvalue weighted by molar-refractivity contribution is 7.22. The van der Waals surface area contributed by atoms with E-state index in [1.54, 1.807) is 24.3 Å². The van der Waals surface area contributed by atoms with Crippen LogP contribution >= 0.6 is 11.3 Å². The van der Waals surface area contributed by atoms with Gasteiger partial charge in [0.05, 0.1) is 21.3 Å². The van der Waals surface area contributed by atoms with Crippen molar-refractivity contribution in [2.45, 2.75) is 19.9 Å². The molecule has 0 fully saturated rings. The molecule has 4 rings (SSSR count). The van der Waals surface area contributed by atoms with Gasteiger partial charge in [-0.15, -0.1) is 0 Å². The number of carbonyl (C=O) groups is 3. The number of hydrogen-bond acceptors (Lipinski definition) is 5. The lowest BCUT2D eigenvalue weighted by molar-refractivity contribution is -0.119. The summed E-state index contributed by atoms with van der Waals surface area (Å²) in [5.41, 5.74) is 2.56. The number of imide groups is 1. The number of aromatic nitrogens is 1. The number of aryl methyl sites for hydroxylation is 1. The van der Waals surface area contributed by atoms with Crippen LogP contribution in [0.1, 0.15) is 33.2 Å². The van der Waals surface area contributed by atoms with Crippen molar-refractivity contribution < 1.29 is 14.4 Å². The van der Waals surface area contributed by atoms with Gasteiger partial charge in [-0.05, 0) is 43.7 Å². The maximum atomic E-state index is 12.6. The number of anilines is 1. The van der Waals surface area contributed by atoms with Gasteiger partial charge in [0, 0.05) is 0 Å².